The molecular formula is C11H22N2O4S. The Balaban J connectivity index is 2.49. The van der Waals surface area contributed by atoms with E-state index in [2.05, 4.69) is 0 Å². The molecule has 106 valence electrons. The molecule has 1 heterocycles. The largest absolute Gasteiger partial charge is 0.377 e. The van der Waals surface area contributed by atoms with Crippen LogP contribution in [0.4, 0.5) is 0 Å². The molecule has 0 unspecified atom stereocenters. The lowest BCUT2D eigenvalue weighted by Gasteiger charge is -2.35. The maximum atomic E-state index is 12.0. The number of carbonyl (C=O) groups is 1. The normalized spacial score (nSPS) is 21.3. The Bertz CT molecular complexity index is 383. The number of ether oxygens (including phenoxy) is 1. The van der Waals surface area contributed by atoms with Crippen molar-refractivity contribution >= 4 is 15.9 Å². The van der Waals surface area contributed by atoms with Crippen LogP contribution in [0.15, 0.2) is 0 Å². The fourth-order valence-corrected chi connectivity index (χ4v) is 2.31. The van der Waals surface area contributed by atoms with Crippen LogP contribution in [-0.4, -0.2) is 69.2 Å². The molecule has 1 amide bonds. The smallest absolute Gasteiger partial charge is 0.224 e. The number of rotatable bonds is 5. The van der Waals surface area contributed by atoms with Gasteiger partial charge in [0, 0.05) is 26.6 Å². The van der Waals surface area contributed by atoms with E-state index in [1.165, 1.54) is 11.4 Å². The van der Waals surface area contributed by atoms with Gasteiger partial charge in [0.25, 0.3) is 0 Å². The number of sulfonamides is 1. The Morgan fingerprint density at radius 2 is 2.17 bits per heavy atom. The third kappa shape index (κ3) is 4.22. The topological polar surface area (TPSA) is 66.9 Å². The van der Waals surface area contributed by atoms with Crippen molar-refractivity contribution in [3.63, 3.8) is 0 Å². The Hall–Kier alpha value is -0.660. The van der Waals surface area contributed by atoms with Gasteiger partial charge in [-0.25, -0.2) is 12.7 Å². The van der Waals surface area contributed by atoms with Gasteiger partial charge in [0.2, 0.25) is 15.9 Å². The van der Waals surface area contributed by atoms with Crippen molar-refractivity contribution in [1.29, 1.82) is 0 Å². The monoisotopic (exact) mass is 278 g/mol. The Morgan fingerprint density at radius 3 is 2.72 bits per heavy atom. The minimum Gasteiger partial charge on any atom is -0.377 e. The molecule has 1 aliphatic heterocycles. The molecule has 0 spiro atoms. The molecule has 0 radical (unpaired) electrons. The Labute approximate surface area is 109 Å². The lowest BCUT2D eigenvalue weighted by molar-refractivity contribution is -0.140. The lowest BCUT2D eigenvalue weighted by Crippen LogP contribution is -2.49. The standard InChI is InChI=1S/C11H22N2O4S/c1-4-10-9-17-8-7-13(10)11(14)5-6-12(2)18(3,15)16/h10H,4-9H2,1-3H3/t10-/m0/s1. The van der Waals surface area contributed by atoms with Gasteiger partial charge < -0.3 is 9.64 Å². The van der Waals surface area contributed by atoms with E-state index in [1.807, 2.05) is 6.92 Å². The Morgan fingerprint density at radius 1 is 1.50 bits per heavy atom. The fourth-order valence-electron chi connectivity index (χ4n) is 1.88. The van der Waals surface area contributed by atoms with Gasteiger partial charge in [-0.3, -0.25) is 4.79 Å². The predicted molar refractivity (Wildman–Crippen MR) is 68.7 cm³/mol. The molecule has 18 heavy (non-hydrogen) atoms. The average Bonchev–Trinajstić information content (AvgIpc) is 2.34. The van der Waals surface area contributed by atoms with Crippen LogP contribution in [0.1, 0.15) is 19.8 Å². The van der Waals surface area contributed by atoms with Crippen LogP contribution in [0.2, 0.25) is 0 Å². The molecule has 0 aromatic heterocycles. The van der Waals surface area contributed by atoms with E-state index in [9.17, 15) is 13.2 Å². The lowest BCUT2D eigenvalue weighted by atomic mass is 10.1. The number of amides is 1. The molecule has 1 saturated heterocycles. The van der Waals surface area contributed by atoms with Crippen molar-refractivity contribution < 1.29 is 17.9 Å². The number of hydrogen-bond donors (Lipinski definition) is 0. The van der Waals surface area contributed by atoms with Crippen molar-refractivity contribution in [3.05, 3.63) is 0 Å². The first kappa shape index (κ1) is 15.4. The zero-order valence-electron chi connectivity index (χ0n) is 11.3. The van der Waals surface area contributed by atoms with Gasteiger partial charge in [-0.05, 0) is 6.42 Å². The first-order valence-corrected chi connectivity index (χ1v) is 7.99. The quantitative estimate of drug-likeness (QED) is 0.704. The number of nitrogens with zero attached hydrogens (tertiary/aromatic N) is 2. The fraction of sp³-hybridized carbons (Fsp3) is 0.909. The molecular weight excluding hydrogens is 256 g/mol. The average molecular weight is 278 g/mol. The van der Waals surface area contributed by atoms with Gasteiger partial charge in [0.15, 0.2) is 0 Å². The summed E-state index contributed by atoms with van der Waals surface area (Å²) in [4.78, 5) is 13.9. The predicted octanol–water partition coefficient (Wildman–Crippen LogP) is -0.0947. The van der Waals surface area contributed by atoms with Crippen LogP contribution >= 0.6 is 0 Å². The molecule has 1 fully saturated rings. The van der Waals surface area contributed by atoms with E-state index in [0.717, 1.165) is 12.7 Å². The summed E-state index contributed by atoms with van der Waals surface area (Å²) in [5.41, 5.74) is 0. The summed E-state index contributed by atoms with van der Waals surface area (Å²) in [7, 11) is -1.73. The Kier molecular flexibility index (Phi) is 5.55. The summed E-state index contributed by atoms with van der Waals surface area (Å²) in [6.45, 7) is 3.97. The van der Waals surface area contributed by atoms with Crippen molar-refractivity contribution in [1.82, 2.24) is 9.21 Å². The third-order valence-corrected chi connectivity index (χ3v) is 4.54. The zero-order chi connectivity index (χ0) is 13.8. The van der Waals surface area contributed by atoms with Crippen LogP contribution in [0.3, 0.4) is 0 Å². The van der Waals surface area contributed by atoms with E-state index < -0.39 is 10.0 Å². The van der Waals surface area contributed by atoms with Crippen molar-refractivity contribution in [2.45, 2.75) is 25.8 Å². The molecule has 0 aliphatic carbocycles. The van der Waals surface area contributed by atoms with E-state index in [1.54, 1.807) is 4.90 Å². The highest BCUT2D eigenvalue weighted by Gasteiger charge is 2.26. The van der Waals surface area contributed by atoms with Gasteiger partial charge in [-0.15, -0.1) is 0 Å². The maximum absolute atomic E-state index is 12.0. The summed E-state index contributed by atoms with van der Waals surface area (Å²) in [6.07, 6.45) is 2.22. The van der Waals surface area contributed by atoms with E-state index in [4.69, 9.17) is 4.74 Å². The molecule has 0 saturated carbocycles. The highest BCUT2D eigenvalue weighted by atomic mass is 32.2. The number of carbonyl (C=O) groups excluding carboxylic acids is 1. The van der Waals surface area contributed by atoms with Gasteiger partial charge in [-0.1, -0.05) is 6.92 Å². The molecule has 0 N–H and O–H groups in total. The third-order valence-electron chi connectivity index (χ3n) is 3.23. The molecule has 7 heteroatoms. The van der Waals surface area contributed by atoms with Crippen molar-refractivity contribution in [2.24, 2.45) is 0 Å². The van der Waals surface area contributed by atoms with Crippen molar-refractivity contribution in [3.8, 4) is 0 Å². The summed E-state index contributed by atoms with van der Waals surface area (Å²) in [5, 5.41) is 0. The zero-order valence-corrected chi connectivity index (χ0v) is 12.1. The van der Waals surface area contributed by atoms with Crippen molar-refractivity contribution in [2.75, 3.05) is 39.6 Å². The second-order valence-corrected chi connectivity index (χ2v) is 6.65. The van der Waals surface area contributed by atoms with Gasteiger partial charge in [0.1, 0.15) is 0 Å². The highest BCUT2D eigenvalue weighted by Crippen LogP contribution is 2.12. The van der Waals surface area contributed by atoms with Gasteiger partial charge in [0.05, 0.1) is 25.5 Å². The SMILES string of the molecule is CC[C@H]1COCCN1C(=O)CCN(C)S(C)(=O)=O. The van der Waals surface area contributed by atoms with Gasteiger partial charge >= 0.3 is 0 Å². The molecule has 1 atom stereocenters. The van der Waals surface area contributed by atoms with E-state index >= 15 is 0 Å². The molecule has 0 bridgehead atoms. The van der Waals surface area contributed by atoms with Crippen LogP contribution in [-0.2, 0) is 19.6 Å². The molecule has 6 nitrogen and oxygen atoms in total. The van der Waals surface area contributed by atoms with E-state index in [0.29, 0.717) is 19.8 Å². The second kappa shape index (κ2) is 6.49. The molecule has 1 aliphatic rings. The molecule has 1 rings (SSSR count). The maximum Gasteiger partial charge on any atom is 0.224 e. The summed E-state index contributed by atoms with van der Waals surface area (Å²) < 4.78 is 29.0. The van der Waals surface area contributed by atoms with Crippen LogP contribution in [0.25, 0.3) is 0 Å². The van der Waals surface area contributed by atoms with E-state index in [-0.39, 0.29) is 24.9 Å². The number of morpholine rings is 1. The van der Waals surface area contributed by atoms with Crippen LogP contribution in [0, 0.1) is 0 Å². The van der Waals surface area contributed by atoms with Crippen LogP contribution in [0.5, 0.6) is 0 Å². The second-order valence-electron chi connectivity index (χ2n) is 4.56. The summed E-state index contributed by atoms with van der Waals surface area (Å²) >= 11 is 0. The highest BCUT2D eigenvalue weighted by molar-refractivity contribution is 7.88. The minimum atomic E-state index is -3.21. The van der Waals surface area contributed by atoms with Gasteiger partial charge in [-0.2, -0.15) is 0 Å². The van der Waals surface area contributed by atoms with Crippen LogP contribution < -0.4 is 0 Å². The molecule has 0 aromatic carbocycles. The number of hydrogen-bond acceptors (Lipinski definition) is 4. The molecule has 0 aromatic rings. The first-order valence-electron chi connectivity index (χ1n) is 6.14. The minimum absolute atomic E-state index is 0.000602. The summed E-state index contributed by atoms with van der Waals surface area (Å²) in [5.74, 6) is 0.000602. The first-order chi connectivity index (χ1) is 8.36. The summed E-state index contributed by atoms with van der Waals surface area (Å²) in [6, 6.07) is 0.120.